The molecule has 29 heavy (non-hydrogen) atoms. The van der Waals surface area contributed by atoms with E-state index in [2.05, 4.69) is 39.2 Å². The molecule has 2 aromatic rings. The minimum Gasteiger partial charge on any atom is -0.324 e. The van der Waals surface area contributed by atoms with Gasteiger partial charge in [0, 0.05) is 49.7 Å². The largest absolute Gasteiger partial charge is 0.324 e. The highest BCUT2D eigenvalue weighted by Crippen LogP contribution is 2.21. The van der Waals surface area contributed by atoms with Crippen LogP contribution < -0.4 is 10.6 Å². The molecule has 1 saturated heterocycles. The zero-order chi connectivity index (χ0) is 20.8. The maximum absolute atomic E-state index is 12.6. The van der Waals surface area contributed by atoms with E-state index >= 15 is 0 Å². The molecule has 1 heterocycles. The second-order valence-electron chi connectivity index (χ2n) is 7.39. The topological polar surface area (TPSA) is 83.8 Å². The van der Waals surface area contributed by atoms with E-state index in [1.165, 1.54) is 5.56 Å². The van der Waals surface area contributed by atoms with Crippen molar-refractivity contribution in [2.24, 2.45) is 4.99 Å². The minimum absolute atomic E-state index is 0.0347. The van der Waals surface area contributed by atoms with Crippen molar-refractivity contribution >= 4 is 30.0 Å². The number of hydrogen-bond acceptors (Lipinski definition) is 4. The number of nitrogens with one attached hydrogen (secondary N) is 3. The Kier molecular flexibility index (Phi) is 6.74. The van der Waals surface area contributed by atoms with Crippen molar-refractivity contribution < 1.29 is 4.79 Å². The number of benzene rings is 2. The normalized spacial score (nSPS) is 15.0. The second kappa shape index (κ2) is 9.45. The number of piperazine rings is 1. The maximum Gasteiger partial charge on any atom is 0.255 e. The molecule has 3 rings (SSSR count). The summed E-state index contributed by atoms with van der Waals surface area (Å²) in [6.45, 7) is 10.5. The summed E-state index contributed by atoms with van der Waals surface area (Å²) in [5, 5.41) is 13.4. The summed E-state index contributed by atoms with van der Waals surface area (Å²) in [7, 11) is 2.15. The van der Waals surface area contributed by atoms with Crippen LogP contribution in [0.5, 0.6) is 0 Å². The third kappa shape index (κ3) is 5.73. The minimum atomic E-state index is -0.164. The third-order valence-electron chi connectivity index (χ3n) is 5.12. The van der Waals surface area contributed by atoms with E-state index in [4.69, 9.17) is 5.41 Å². The number of aryl methyl sites for hydroxylation is 1. The molecule has 1 aliphatic heterocycles. The van der Waals surface area contributed by atoms with Gasteiger partial charge in [0.2, 0.25) is 5.96 Å². The first kappa shape index (κ1) is 20.7. The van der Waals surface area contributed by atoms with E-state index in [9.17, 15) is 4.79 Å². The van der Waals surface area contributed by atoms with E-state index in [1.54, 1.807) is 6.07 Å². The summed E-state index contributed by atoms with van der Waals surface area (Å²) in [6, 6.07) is 13.3. The summed E-state index contributed by atoms with van der Waals surface area (Å²) in [4.78, 5) is 20.9. The van der Waals surface area contributed by atoms with Crippen LogP contribution in [0.25, 0.3) is 0 Å². The first-order valence-electron chi connectivity index (χ1n) is 9.69. The fourth-order valence-electron chi connectivity index (χ4n) is 3.23. The molecule has 0 unspecified atom stereocenters. The SMILES string of the molecule is C=NC(=N)Nc1cc(NC(=O)c2ccc(CN3CCN(C)CC3)cc2)ccc1C. The van der Waals surface area contributed by atoms with Crippen molar-refractivity contribution in [1.82, 2.24) is 9.80 Å². The Morgan fingerprint density at radius 1 is 1.10 bits per heavy atom. The Morgan fingerprint density at radius 2 is 1.79 bits per heavy atom. The molecule has 2 aromatic carbocycles. The summed E-state index contributed by atoms with van der Waals surface area (Å²) >= 11 is 0. The van der Waals surface area contributed by atoms with Gasteiger partial charge < -0.3 is 15.5 Å². The highest BCUT2D eigenvalue weighted by molar-refractivity contribution is 6.05. The van der Waals surface area contributed by atoms with Crippen LogP contribution in [0, 0.1) is 12.3 Å². The van der Waals surface area contributed by atoms with Crippen LogP contribution in [0.4, 0.5) is 11.4 Å². The first-order chi connectivity index (χ1) is 13.9. The van der Waals surface area contributed by atoms with Crippen molar-refractivity contribution in [3.8, 4) is 0 Å². The summed E-state index contributed by atoms with van der Waals surface area (Å²) in [5.41, 5.74) is 4.14. The second-order valence-corrected chi connectivity index (χ2v) is 7.39. The molecule has 0 bridgehead atoms. The highest BCUT2D eigenvalue weighted by atomic mass is 16.1. The van der Waals surface area contributed by atoms with E-state index in [-0.39, 0.29) is 11.9 Å². The van der Waals surface area contributed by atoms with Crippen molar-refractivity contribution in [2.75, 3.05) is 43.9 Å². The highest BCUT2D eigenvalue weighted by Gasteiger charge is 2.14. The van der Waals surface area contributed by atoms with Gasteiger partial charge in [-0.25, -0.2) is 4.99 Å². The summed E-state index contributed by atoms with van der Waals surface area (Å²) in [5.74, 6) is -0.199. The number of hydrogen-bond donors (Lipinski definition) is 3. The molecule has 152 valence electrons. The van der Waals surface area contributed by atoms with Crippen LogP contribution in [0.3, 0.4) is 0 Å². The average Bonchev–Trinajstić information content (AvgIpc) is 2.72. The number of carbonyl (C=O) groups excluding carboxylic acids is 1. The lowest BCUT2D eigenvalue weighted by atomic mass is 10.1. The van der Waals surface area contributed by atoms with Crippen molar-refractivity contribution in [3.05, 3.63) is 59.2 Å². The van der Waals surface area contributed by atoms with Gasteiger partial charge in [0.05, 0.1) is 0 Å². The Morgan fingerprint density at radius 3 is 2.45 bits per heavy atom. The van der Waals surface area contributed by atoms with E-state index in [0.717, 1.165) is 38.3 Å². The number of nitrogens with zero attached hydrogens (tertiary/aromatic N) is 3. The molecule has 0 spiro atoms. The van der Waals surface area contributed by atoms with Crippen molar-refractivity contribution in [3.63, 3.8) is 0 Å². The maximum atomic E-state index is 12.6. The number of guanidine groups is 1. The lowest BCUT2D eigenvalue weighted by Crippen LogP contribution is -2.43. The van der Waals surface area contributed by atoms with Crippen LogP contribution in [-0.2, 0) is 6.54 Å². The van der Waals surface area contributed by atoms with Gasteiger partial charge in [-0.3, -0.25) is 15.1 Å². The Hall–Kier alpha value is -3.03. The van der Waals surface area contributed by atoms with Gasteiger partial charge in [0.1, 0.15) is 0 Å². The molecule has 7 heteroatoms. The number of anilines is 2. The quantitative estimate of drug-likeness (QED) is 0.539. The predicted octanol–water partition coefficient (Wildman–Crippen LogP) is 3.04. The molecule has 1 aliphatic rings. The molecule has 0 radical (unpaired) electrons. The van der Waals surface area contributed by atoms with Gasteiger partial charge in [-0.15, -0.1) is 0 Å². The predicted molar refractivity (Wildman–Crippen MR) is 119 cm³/mol. The molecule has 1 amide bonds. The van der Waals surface area contributed by atoms with Gasteiger partial charge in [-0.05, 0) is 56.1 Å². The number of amides is 1. The van der Waals surface area contributed by atoms with Gasteiger partial charge in [0.25, 0.3) is 5.91 Å². The molecular formula is C22H28N6O. The van der Waals surface area contributed by atoms with Gasteiger partial charge >= 0.3 is 0 Å². The number of rotatable bonds is 5. The fourth-order valence-corrected chi connectivity index (χ4v) is 3.23. The Balaban J connectivity index is 1.61. The van der Waals surface area contributed by atoms with Crippen LogP contribution >= 0.6 is 0 Å². The van der Waals surface area contributed by atoms with Gasteiger partial charge in [-0.1, -0.05) is 18.2 Å². The van der Waals surface area contributed by atoms with E-state index in [0.29, 0.717) is 16.9 Å². The number of likely N-dealkylation sites (N-methyl/N-ethyl adjacent to an activating group) is 1. The molecule has 1 fully saturated rings. The number of carbonyl (C=O) groups is 1. The summed E-state index contributed by atoms with van der Waals surface area (Å²) < 4.78 is 0. The standard InChI is InChI=1S/C22H28N6O/c1-16-4-9-19(14-20(16)26-22(23)24-2)25-21(29)18-7-5-17(6-8-18)15-28-12-10-27(3)11-13-28/h4-9,14H,2,10-13,15H2,1,3H3,(H2,23,26)(H,25,29). The molecule has 0 atom stereocenters. The molecule has 0 aliphatic carbocycles. The zero-order valence-electron chi connectivity index (χ0n) is 17.0. The van der Waals surface area contributed by atoms with Crippen LogP contribution in [0.15, 0.2) is 47.5 Å². The fraction of sp³-hybridized carbons (Fsp3) is 0.318. The molecule has 3 N–H and O–H groups in total. The Labute approximate surface area is 171 Å². The molecule has 7 nitrogen and oxygen atoms in total. The molecular weight excluding hydrogens is 364 g/mol. The van der Waals surface area contributed by atoms with Gasteiger partial charge in [0.15, 0.2) is 0 Å². The summed E-state index contributed by atoms with van der Waals surface area (Å²) in [6.07, 6.45) is 0. The lowest BCUT2D eigenvalue weighted by Gasteiger charge is -2.32. The van der Waals surface area contributed by atoms with E-state index < -0.39 is 0 Å². The molecule has 0 saturated carbocycles. The van der Waals surface area contributed by atoms with Crippen LogP contribution in [0.2, 0.25) is 0 Å². The smallest absolute Gasteiger partial charge is 0.255 e. The van der Waals surface area contributed by atoms with Gasteiger partial charge in [-0.2, -0.15) is 0 Å². The van der Waals surface area contributed by atoms with E-state index in [1.807, 2.05) is 43.3 Å². The van der Waals surface area contributed by atoms with Crippen molar-refractivity contribution in [2.45, 2.75) is 13.5 Å². The first-order valence-corrected chi connectivity index (χ1v) is 9.69. The zero-order valence-corrected chi connectivity index (χ0v) is 17.0. The van der Waals surface area contributed by atoms with Crippen LogP contribution in [-0.4, -0.2) is 61.6 Å². The lowest BCUT2D eigenvalue weighted by molar-refractivity contribution is 0.102. The Bertz CT molecular complexity index is 885. The molecule has 0 aromatic heterocycles. The third-order valence-corrected chi connectivity index (χ3v) is 5.12. The van der Waals surface area contributed by atoms with Crippen molar-refractivity contribution in [1.29, 1.82) is 5.41 Å². The number of aliphatic imine (C=N–C) groups is 1. The monoisotopic (exact) mass is 392 g/mol. The average molecular weight is 393 g/mol. The van der Waals surface area contributed by atoms with Crippen LogP contribution in [0.1, 0.15) is 21.5 Å².